The van der Waals surface area contributed by atoms with Crippen molar-refractivity contribution in [2.45, 2.75) is 20.3 Å². The van der Waals surface area contributed by atoms with Crippen LogP contribution in [-0.4, -0.2) is 21.1 Å². The smallest absolute Gasteiger partial charge is 0.164 e. The number of ether oxygens (including phenoxy) is 2. The van der Waals surface area contributed by atoms with Crippen LogP contribution < -0.4 is 14.9 Å². The lowest BCUT2D eigenvalue weighted by molar-refractivity contribution is 0.171. The molecule has 2 rings (SSSR count). The van der Waals surface area contributed by atoms with Crippen LogP contribution in [-0.2, 0) is 6.42 Å². The topological polar surface area (TPSA) is 18.5 Å². The first-order valence-corrected chi connectivity index (χ1v) is 4.91. The zero-order chi connectivity index (χ0) is 10.1. The van der Waals surface area contributed by atoms with Gasteiger partial charge in [-0.25, -0.2) is 0 Å². The van der Waals surface area contributed by atoms with Crippen LogP contribution in [0.2, 0.25) is 0 Å². The molecule has 0 aliphatic carbocycles. The van der Waals surface area contributed by atoms with Crippen molar-refractivity contribution < 1.29 is 9.47 Å². The van der Waals surface area contributed by atoms with Gasteiger partial charge in [0.15, 0.2) is 11.5 Å². The summed E-state index contributed by atoms with van der Waals surface area (Å²) >= 11 is 0. The Morgan fingerprint density at radius 3 is 2.57 bits per heavy atom. The third kappa shape index (κ3) is 1.37. The van der Waals surface area contributed by atoms with E-state index in [2.05, 4.69) is 6.92 Å². The highest BCUT2D eigenvalue weighted by atomic mass is 16.6. The number of benzene rings is 1. The Morgan fingerprint density at radius 2 is 1.93 bits per heavy atom. The van der Waals surface area contributed by atoms with Crippen molar-refractivity contribution in [1.29, 1.82) is 0 Å². The van der Waals surface area contributed by atoms with E-state index in [4.69, 9.17) is 17.3 Å². The van der Waals surface area contributed by atoms with Gasteiger partial charge in [-0.05, 0) is 18.9 Å². The number of hydrogen-bond donors (Lipinski definition) is 0. The summed E-state index contributed by atoms with van der Waals surface area (Å²) in [5.41, 5.74) is 3.05. The lowest BCUT2D eigenvalue weighted by atomic mass is 9.89. The second-order valence-electron chi connectivity index (χ2n) is 3.47. The molecule has 1 heterocycles. The third-order valence-electron chi connectivity index (χ3n) is 2.52. The fraction of sp³-hybridized carbons (Fsp3) is 0.455. The molecule has 1 aliphatic heterocycles. The van der Waals surface area contributed by atoms with E-state index in [1.807, 2.05) is 13.0 Å². The van der Waals surface area contributed by atoms with Crippen LogP contribution in [0.4, 0.5) is 0 Å². The Hall–Kier alpha value is -1.12. The lowest BCUT2D eigenvalue weighted by Crippen LogP contribution is -2.23. The highest BCUT2D eigenvalue weighted by Crippen LogP contribution is 2.34. The van der Waals surface area contributed by atoms with Crippen LogP contribution in [0.15, 0.2) is 6.07 Å². The van der Waals surface area contributed by atoms with Crippen molar-refractivity contribution >= 4 is 13.3 Å². The number of fused-ring (bicyclic) bond motifs is 1. The van der Waals surface area contributed by atoms with Gasteiger partial charge in [0.05, 0.1) is 0 Å². The molecule has 0 saturated heterocycles. The molecule has 2 radical (unpaired) electrons. The van der Waals surface area contributed by atoms with Crippen LogP contribution in [0.5, 0.6) is 11.5 Å². The number of rotatable bonds is 1. The SMILES string of the molecule is [B]c1cc(C)c(CC)c2c1OCCO2. The quantitative estimate of drug-likeness (QED) is 0.615. The summed E-state index contributed by atoms with van der Waals surface area (Å²) in [4.78, 5) is 0. The van der Waals surface area contributed by atoms with Gasteiger partial charge in [-0.1, -0.05) is 18.5 Å². The van der Waals surface area contributed by atoms with Crippen LogP contribution >= 0.6 is 0 Å². The minimum Gasteiger partial charge on any atom is -0.487 e. The predicted octanol–water partition coefficient (Wildman–Crippen LogP) is 1.12. The Labute approximate surface area is 85.6 Å². The fourth-order valence-corrected chi connectivity index (χ4v) is 1.86. The molecule has 1 aliphatic rings. The summed E-state index contributed by atoms with van der Waals surface area (Å²) < 4.78 is 11.1. The molecule has 14 heavy (non-hydrogen) atoms. The Bertz CT molecular complexity index is 341. The van der Waals surface area contributed by atoms with E-state index in [-0.39, 0.29) is 0 Å². The van der Waals surface area contributed by atoms with Crippen LogP contribution in [0, 0.1) is 6.92 Å². The van der Waals surface area contributed by atoms with Crippen molar-refractivity contribution in [3.8, 4) is 11.5 Å². The monoisotopic (exact) mass is 188 g/mol. The van der Waals surface area contributed by atoms with Gasteiger partial charge in [0.2, 0.25) is 0 Å². The maximum Gasteiger partial charge on any atom is 0.164 e. The number of aryl methyl sites for hydroxylation is 1. The molecule has 72 valence electrons. The van der Waals surface area contributed by atoms with Gasteiger partial charge < -0.3 is 9.47 Å². The Balaban J connectivity index is 2.61. The standard InChI is InChI=1S/C11H13BO2/c1-3-8-7(2)6-9(12)11-10(8)13-4-5-14-11/h6H,3-5H2,1-2H3. The second kappa shape index (κ2) is 3.56. The highest BCUT2D eigenvalue weighted by molar-refractivity contribution is 6.34. The normalized spacial score (nSPS) is 14.1. The zero-order valence-corrected chi connectivity index (χ0v) is 8.59. The van der Waals surface area contributed by atoms with E-state index in [1.54, 1.807) is 0 Å². The molecule has 1 aromatic carbocycles. The van der Waals surface area contributed by atoms with Crippen LogP contribution in [0.1, 0.15) is 18.1 Å². The molecule has 0 fully saturated rings. The van der Waals surface area contributed by atoms with Crippen molar-refractivity contribution in [2.24, 2.45) is 0 Å². The second-order valence-corrected chi connectivity index (χ2v) is 3.47. The van der Waals surface area contributed by atoms with Gasteiger partial charge >= 0.3 is 0 Å². The van der Waals surface area contributed by atoms with Crippen LogP contribution in [0.3, 0.4) is 0 Å². The van der Waals surface area contributed by atoms with Crippen molar-refractivity contribution in [3.63, 3.8) is 0 Å². The summed E-state index contributed by atoms with van der Waals surface area (Å²) in [5, 5.41) is 0. The average molecular weight is 188 g/mol. The van der Waals surface area contributed by atoms with E-state index in [9.17, 15) is 0 Å². The minimum atomic E-state index is 0.587. The minimum absolute atomic E-state index is 0.587. The van der Waals surface area contributed by atoms with Gasteiger partial charge in [-0.15, -0.1) is 0 Å². The summed E-state index contributed by atoms with van der Waals surface area (Å²) in [5.74, 6) is 1.56. The van der Waals surface area contributed by atoms with Crippen molar-refractivity contribution in [2.75, 3.05) is 13.2 Å². The van der Waals surface area contributed by atoms with Gasteiger partial charge in [0, 0.05) is 5.56 Å². The zero-order valence-electron chi connectivity index (χ0n) is 8.59. The Kier molecular flexibility index (Phi) is 2.40. The first-order valence-electron chi connectivity index (χ1n) is 4.91. The first kappa shape index (κ1) is 9.44. The molecule has 0 spiro atoms. The molecule has 1 aromatic rings. The van der Waals surface area contributed by atoms with E-state index >= 15 is 0 Å². The summed E-state index contributed by atoms with van der Waals surface area (Å²) in [6.07, 6.45) is 0.942. The van der Waals surface area contributed by atoms with Crippen molar-refractivity contribution in [1.82, 2.24) is 0 Å². The van der Waals surface area contributed by atoms with Crippen molar-refractivity contribution in [3.05, 3.63) is 17.2 Å². The molecule has 0 N–H and O–H groups in total. The first-order chi connectivity index (χ1) is 6.74. The van der Waals surface area contributed by atoms with Gasteiger partial charge in [-0.2, -0.15) is 0 Å². The molecular weight excluding hydrogens is 175 g/mol. The predicted molar refractivity (Wildman–Crippen MR) is 56.9 cm³/mol. The van der Waals surface area contributed by atoms with E-state index in [0.29, 0.717) is 18.7 Å². The summed E-state index contributed by atoms with van der Waals surface area (Å²) in [6, 6.07) is 1.95. The summed E-state index contributed by atoms with van der Waals surface area (Å²) in [7, 11) is 5.86. The third-order valence-corrected chi connectivity index (χ3v) is 2.52. The molecule has 2 nitrogen and oxygen atoms in total. The Morgan fingerprint density at radius 1 is 1.29 bits per heavy atom. The summed E-state index contributed by atoms with van der Waals surface area (Å²) in [6.45, 7) is 5.36. The van der Waals surface area contributed by atoms with E-state index < -0.39 is 0 Å². The molecule has 0 bridgehead atoms. The highest BCUT2D eigenvalue weighted by Gasteiger charge is 2.18. The fourth-order valence-electron chi connectivity index (χ4n) is 1.86. The maximum atomic E-state index is 5.86. The van der Waals surface area contributed by atoms with Gasteiger partial charge in [-0.3, -0.25) is 0 Å². The molecule has 3 heteroatoms. The van der Waals surface area contributed by atoms with Gasteiger partial charge in [0.25, 0.3) is 0 Å². The molecule has 0 amide bonds. The molecule has 0 saturated carbocycles. The largest absolute Gasteiger partial charge is 0.487 e. The lowest BCUT2D eigenvalue weighted by Gasteiger charge is -2.24. The van der Waals surface area contributed by atoms with E-state index in [0.717, 1.165) is 17.9 Å². The maximum absolute atomic E-state index is 5.86. The average Bonchev–Trinajstić information content (AvgIpc) is 2.18. The molecule has 0 aromatic heterocycles. The van der Waals surface area contributed by atoms with Gasteiger partial charge in [0.1, 0.15) is 21.1 Å². The van der Waals surface area contributed by atoms with E-state index in [1.165, 1.54) is 11.1 Å². The molecule has 0 atom stereocenters. The molecule has 0 unspecified atom stereocenters. The van der Waals surface area contributed by atoms with Crippen LogP contribution in [0.25, 0.3) is 0 Å². The number of hydrogen-bond acceptors (Lipinski definition) is 2. The molecular formula is C11H13BO2.